The second kappa shape index (κ2) is 15.2. The van der Waals surface area contributed by atoms with Crippen LogP contribution in [0.25, 0.3) is 34.4 Å². The molecule has 0 saturated carbocycles. The molecule has 2 heterocycles. The fourth-order valence-electron chi connectivity index (χ4n) is 5.48. The number of fused-ring (bicyclic) bond motifs is 1. The standard InChI is InChI=1S/C39H32O14/c1-20-33(47)36(51-30(45)16-6-21-2-10-24(40)11-3-21)38(52-31(46)17-7-22-4-12-25(41)13-5-22)39(49-20)53-37-34(48)32-28(44)18-27(43)19-29(32)50-35(37)23-8-14-26(42)15-9-23/h2-20,33,36,38-44,47H,1H3/t20-,33-,36+,38+,39+/m1/s1. The van der Waals surface area contributed by atoms with Gasteiger partial charge in [0.2, 0.25) is 23.6 Å². The molecule has 5 atom stereocenters. The monoisotopic (exact) mass is 724 g/mol. The van der Waals surface area contributed by atoms with Crippen LogP contribution in [0.5, 0.6) is 34.5 Å². The molecule has 14 nitrogen and oxygen atoms in total. The molecule has 0 aliphatic carbocycles. The zero-order valence-electron chi connectivity index (χ0n) is 27.7. The molecule has 4 aromatic carbocycles. The summed E-state index contributed by atoms with van der Waals surface area (Å²) in [6, 6.07) is 19.2. The quantitative estimate of drug-likeness (QED) is 0.0894. The second-order valence-electron chi connectivity index (χ2n) is 11.9. The molecule has 0 amide bonds. The number of carbonyl (C=O) groups excluding carboxylic acids is 2. The smallest absolute Gasteiger partial charge is 0.331 e. The molecule has 14 heteroatoms. The Morgan fingerprint density at radius 1 is 0.698 bits per heavy atom. The largest absolute Gasteiger partial charge is 0.508 e. The molecule has 5 aromatic rings. The Morgan fingerprint density at radius 3 is 1.75 bits per heavy atom. The molecule has 0 bridgehead atoms. The van der Waals surface area contributed by atoms with Crippen molar-refractivity contribution in [3.8, 4) is 45.8 Å². The summed E-state index contributed by atoms with van der Waals surface area (Å²) in [5.74, 6) is -3.89. The summed E-state index contributed by atoms with van der Waals surface area (Å²) in [6.07, 6.45) is -3.00. The topological polar surface area (TPSA) is 223 Å². The first kappa shape index (κ1) is 36.0. The maximum Gasteiger partial charge on any atom is 0.331 e. The normalized spacial score (nSPS) is 20.1. The van der Waals surface area contributed by atoms with Gasteiger partial charge in [-0.2, -0.15) is 0 Å². The number of aromatic hydroxyl groups is 5. The van der Waals surface area contributed by atoms with E-state index in [4.69, 9.17) is 23.4 Å². The van der Waals surface area contributed by atoms with Gasteiger partial charge in [0.05, 0.1) is 6.10 Å². The van der Waals surface area contributed by atoms with Gasteiger partial charge in [-0.05, 0) is 78.7 Å². The van der Waals surface area contributed by atoms with Gasteiger partial charge in [0.15, 0.2) is 11.9 Å². The first-order valence-corrected chi connectivity index (χ1v) is 16.0. The molecule has 0 unspecified atom stereocenters. The lowest BCUT2D eigenvalue weighted by atomic mass is 9.99. The lowest BCUT2D eigenvalue weighted by molar-refractivity contribution is -0.276. The Balaban J connectivity index is 1.40. The van der Waals surface area contributed by atoms with Gasteiger partial charge in [0, 0.05) is 29.8 Å². The number of hydrogen-bond donors (Lipinski definition) is 6. The third-order valence-corrected chi connectivity index (χ3v) is 8.15. The van der Waals surface area contributed by atoms with Crippen LogP contribution in [0.3, 0.4) is 0 Å². The molecule has 1 aliphatic heterocycles. The highest BCUT2D eigenvalue weighted by molar-refractivity contribution is 5.89. The van der Waals surface area contributed by atoms with Crippen LogP contribution in [0.15, 0.2) is 106 Å². The van der Waals surface area contributed by atoms with Crippen LogP contribution in [-0.4, -0.2) is 73.3 Å². The van der Waals surface area contributed by atoms with Crippen molar-refractivity contribution in [2.45, 2.75) is 37.6 Å². The number of benzene rings is 4. The predicted molar refractivity (Wildman–Crippen MR) is 188 cm³/mol. The first-order chi connectivity index (χ1) is 25.4. The molecule has 1 fully saturated rings. The van der Waals surface area contributed by atoms with Gasteiger partial charge in [-0.1, -0.05) is 24.3 Å². The van der Waals surface area contributed by atoms with Crippen LogP contribution in [0, 0.1) is 0 Å². The van der Waals surface area contributed by atoms with Gasteiger partial charge in [-0.3, -0.25) is 4.79 Å². The zero-order valence-corrected chi connectivity index (χ0v) is 27.7. The molecule has 272 valence electrons. The van der Waals surface area contributed by atoms with E-state index < -0.39 is 65.3 Å². The molecule has 1 saturated heterocycles. The van der Waals surface area contributed by atoms with Crippen molar-refractivity contribution in [2.75, 3.05) is 0 Å². The number of phenolic OH excluding ortho intramolecular Hbond substituents is 5. The number of hydrogen-bond acceptors (Lipinski definition) is 14. The van der Waals surface area contributed by atoms with E-state index in [-0.39, 0.29) is 39.5 Å². The van der Waals surface area contributed by atoms with E-state index in [9.17, 15) is 45.0 Å². The van der Waals surface area contributed by atoms with Crippen LogP contribution >= 0.6 is 0 Å². The summed E-state index contributed by atoms with van der Waals surface area (Å²) in [6.45, 7) is 1.43. The fourth-order valence-corrected chi connectivity index (χ4v) is 5.48. The van der Waals surface area contributed by atoms with Crippen LogP contribution in [0.1, 0.15) is 18.1 Å². The van der Waals surface area contributed by atoms with Gasteiger partial charge in [-0.15, -0.1) is 0 Å². The third-order valence-electron chi connectivity index (χ3n) is 8.15. The average molecular weight is 725 g/mol. The van der Waals surface area contributed by atoms with E-state index in [1.54, 1.807) is 12.1 Å². The number of carbonyl (C=O) groups is 2. The predicted octanol–water partition coefficient (Wildman–Crippen LogP) is 4.72. The molecule has 1 aliphatic rings. The minimum absolute atomic E-state index is 0.00579. The van der Waals surface area contributed by atoms with E-state index >= 15 is 0 Å². The van der Waals surface area contributed by atoms with E-state index in [1.807, 2.05) is 0 Å². The van der Waals surface area contributed by atoms with Crippen LogP contribution < -0.4 is 10.2 Å². The van der Waals surface area contributed by atoms with Crippen molar-refractivity contribution in [1.82, 2.24) is 0 Å². The molecule has 0 radical (unpaired) electrons. The molecule has 6 rings (SSSR count). The minimum atomic E-state index is -1.76. The van der Waals surface area contributed by atoms with Crippen molar-refractivity contribution < 1.29 is 63.6 Å². The van der Waals surface area contributed by atoms with Gasteiger partial charge >= 0.3 is 11.9 Å². The van der Waals surface area contributed by atoms with Crippen molar-refractivity contribution in [3.63, 3.8) is 0 Å². The van der Waals surface area contributed by atoms with Crippen molar-refractivity contribution in [1.29, 1.82) is 0 Å². The van der Waals surface area contributed by atoms with Crippen molar-refractivity contribution >= 4 is 35.1 Å². The highest BCUT2D eigenvalue weighted by atomic mass is 16.7. The SMILES string of the molecule is C[C@H]1O[C@@H](Oc2c(-c3ccc(O)cc3)oc3cc(O)cc(O)c3c2=O)[C@@H](OC(=O)C=Cc2ccc(O)cc2)[C@@H](OC(=O)C=Cc2ccc(O)cc2)[C@@H]1O. The maximum absolute atomic E-state index is 14.0. The molecular weight excluding hydrogens is 692 g/mol. The van der Waals surface area contributed by atoms with Crippen LogP contribution in [-0.2, 0) is 23.8 Å². The van der Waals surface area contributed by atoms with Gasteiger partial charge in [-0.25, -0.2) is 9.59 Å². The highest BCUT2D eigenvalue weighted by Crippen LogP contribution is 2.38. The summed E-state index contributed by atoms with van der Waals surface area (Å²) < 4.78 is 29.3. The first-order valence-electron chi connectivity index (χ1n) is 16.0. The Kier molecular flexibility index (Phi) is 10.4. The molecule has 6 N–H and O–H groups in total. The number of esters is 2. The lowest BCUT2D eigenvalue weighted by Crippen LogP contribution is -2.61. The Morgan fingerprint density at radius 2 is 1.21 bits per heavy atom. The van der Waals surface area contributed by atoms with E-state index in [1.165, 1.54) is 79.7 Å². The maximum atomic E-state index is 14.0. The Bertz CT molecular complexity index is 2240. The van der Waals surface area contributed by atoms with E-state index in [2.05, 4.69) is 0 Å². The lowest BCUT2D eigenvalue weighted by Gasteiger charge is -2.41. The Hall–Kier alpha value is -6.77. The van der Waals surface area contributed by atoms with Gasteiger partial charge < -0.3 is 54.0 Å². The van der Waals surface area contributed by atoms with Crippen LogP contribution in [0.2, 0.25) is 0 Å². The minimum Gasteiger partial charge on any atom is -0.508 e. The van der Waals surface area contributed by atoms with Gasteiger partial charge in [0.1, 0.15) is 45.8 Å². The molecule has 1 aromatic heterocycles. The van der Waals surface area contributed by atoms with Gasteiger partial charge in [0.25, 0.3) is 0 Å². The summed E-state index contributed by atoms with van der Waals surface area (Å²) in [4.78, 5) is 40.4. The number of aliphatic hydroxyl groups is 1. The summed E-state index contributed by atoms with van der Waals surface area (Å²) in [5, 5.41) is 60.6. The summed E-state index contributed by atoms with van der Waals surface area (Å²) in [5.41, 5.74) is 0.103. The fraction of sp³-hybridized carbons (Fsp3) is 0.154. The van der Waals surface area contributed by atoms with Crippen molar-refractivity contribution in [3.05, 3.63) is 118 Å². The van der Waals surface area contributed by atoms with E-state index in [0.717, 1.165) is 24.3 Å². The van der Waals surface area contributed by atoms with Crippen LogP contribution in [0.4, 0.5) is 0 Å². The number of phenols is 5. The summed E-state index contributed by atoms with van der Waals surface area (Å²) >= 11 is 0. The number of aliphatic hydroxyl groups excluding tert-OH is 1. The average Bonchev–Trinajstić information content (AvgIpc) is 3.12. The molecule has 0 spiro atoms. The third kappa shape index (κ3) is 8.25. The van der Waals surface area contributed by atoms with Crippen molar-refractivity contribution in [2.24, 2.45) is 0 Å². The number of ether oxygens (including phenoxy) is 4. The molecular formula is C39H32O14. The second-order valence-corrected chi connectivity index (χ2v) is 11.9. The molecule has 53 heavy (non-hydrogen) atoms. The van der Waals surface area contributed by atoms with E-state index in [0.29, 0.717) is 11.1 Å². The Labute approximate surface area is 300 Å². The summed E-state index contributed by atoms with van der Waals surface area (Å²) in [7, 11) is 0. The number of rotatable bonds is 9. The highest BCUT2D eigenvalue weighted by Gasteiger charge is 2.50. The zero-order chi connectivity index (χ0) is 37.8.